The number of alkyl halides is 6. The van der Waals surface area contributed by atoms with Gasteiger partial charge < -0.3 is 0 Å². The standard InChI is InChI=1S/C7H6ClF5N2/c8-4-15-2-1-5(14-15)7(12,13)6(10,11)3-9/h1-2H,3-4H2. The van der Waals surface area contributed by atoms with Crippen molar-refractivity contribution in [2.45, 2.75) is 17.8 Å². The first kappa shape index (κ1) is 12.2. The van der Waals surface area contributed by atoms with E-state index in [1.807, 2.05) is 0 Å². The summed E-state index contributed by atoms with van der Waals surface area (Å²) < 4.78 is 63.6. The van der Waals surface area contributed by atoms with Crippen molar-refractivity contribution in [3.05, 3.63) is 18.0 Å². The van der Waals surface area contributed by atoms with E-state index in [9.17, 15) is 22.0 Å². The second-order valence-electron chi connectivity index (χ2n) is 2.77. The van der Waals surface area contributed by atoms with Crippen molar-refractivity contribution >= 4 is 11.6 Å². The third-order valence-corrected chi connectivity index (χ3v) is 1.96. The molecule has 0 atom stereocenters. The molecule has 15 heavy (non-hydrogen) atoms. The number of nitrogens with zero attached hydrogens (tertiary/aromatic N) is 2. The fourth-order valence-electron chi connectivity index (χ4n) is 0.867. The molecular weight excluding hydrogens is 243 g/mol. The van der Waals surface area contributed by atoms with Crippen LogP contribution in [-0.2, 0) is 11.9 Å². The molecule has 0 aliphatic heterocycles. The van der Waals surface area contributed by atoms with Gasteiger partial charge in [0.2, 0.25) is 0 Å². The lowest BCUT2D eigenvalue weighted by Crippen LogP contribution is -2.40. The lowest BCUT2D eigenvalue weighted by atomic mass is 10.1. The molecule has 1 rings (SSSR count). The maximum Gasteiger partial charge on any atom is 0.356 e. The molecule has 0 unspecified atom stereocenters. The van der Waals surface area contributed by atoms with E-state index in [-0.39, 0.29) is 6.00 Å². The van der Waals surface area contributed by atoms with Gasteiger partial charge in [0, 0.05) is 6.20 Å². The Bertz CT molecular complexity index is 338. The fraction of sp³-hybridized carbons (Fsp3) is 0.571. The highest BCUT2D eigenvalue weighted by Crippen LogP contribution is 2.42. The maximum atomic E-state index is 13.0. The highest BCUT2D eigenvalue weighted by atomic mass is 35.5. The molecule has 1 aromatic rings. The summed E-state index contributed by atoms with van der Waals surface area (Å²) in [6, 6.07) is 0.420. The van der Waals surface area contributed by atoms with Crippen LogP contribution in [0.15, 0.2) is 12.3 Å². The normalized spacial score (nSPS) is 13.2. The first-order chi connectivity index (χ1) is 6.85. The molecule has 86 valence electrons. The Labute approximate surface area is 86.6 Å². The lowest BCUT2D eigenvalue weighted by Gasteiger charge is -2.21. The van der Waals surface area contributed by atoms with Crippen molar-refractivity contribution in [1.82, 2.24) is 9.78 Å². The van der Waals surface area contributed by atoms with Crippen LogP contribution in [0.2, 0.25) is 0 Å². The van der Waals surface area contributed by atoms with Gasteiger partial charge in [0.05, 0.1) is 0 Å². The van der Waals surface area contributed by atoms with Crippen LogP contribution in [0.5, 0.6) is 0 Å². The maximum absolute atomic E-state index is 13.0. The zero-order chi connectivity index (χ0) is 11.7. The van der Waals surface area contributed by atoms with E-state index in [1.165, 1.54) is 0 Å². The van der Waals surface area contributed by atoms with Crippen LogP contribution in [-0.4, -0.2) is 22.4 Å². The Morgan fingerprint density at radius 3 is 2.33 bits per heavy atom. The zero-order valence-corrected chi connectivity index (χ0v) is 7.99. The highest BCUT2D eigenvalue weighted by Gasteiger charge is 2.59. The van der Waals surface area contributed by atoms with Gasteiger partial charge >= 0.3 is 11.8 Å². The second-order valence-corrected chi connectivity index (χ2v) is 3.01. The Balaban J connectivity index is 3.04. The van der Waals surface area contributed by atoms with Crippen LogP contribution in [0.3, 0.4) is 0 Å². The molecular formula is C7H6ClF5N2. The average Bonchev–Trinajstić information content (AvgIpc) is 2.66. The summed E-state index contributed by atoms with van der Waals surface area (Å²) in [7, 11) is 0. The first-order valence-electron chi connectivity index (χ1n) is 3.76. The van der Waals surface area contributed by atoms with E-state index in [2.05, 4.69) is 5.10 Å². The number of rotatable bonds is 4. The molecule has 2 nitrogen and oxygen atoms in total. The van der Waals surface area contributed by atoms with Crippen LogP contribution in [0.4, 0.5) is 22.0 Å². The summed E-state index contributed by atoms with van der Waals surface area (Å²) >= 11 is 5.23. The van der Waals surface area contributed by atoms with Crippen molar-refractivity contribution in [2.75, 3.05) is 6.67 Å². The molecule has 0 fully saturated rings. The summed E-state index contributed by atoms with van der Waals surface area (Å²) in [5.41, 5.74) is -1.20. The zero-order valence-electron chi connectivity index (χ0n) is 7.23. The molecule has 0 saturated heterocycles. The van der Waals surface area contributed by atoms with Crippen molar-refractivity contribution in [3.8, 4) is 0 Å². The minimum atomic E-state index is -4.77. The molecule has 0 bridgehead atoms. The van der Waals surface area contributed by atoms with Gasteiger partial charge in [0.15, 0.2) is 6.67 Å². The molecule has 0 aromatic carbocycles. The van der Waals surface area contributed by atoms with E-state index in [0.717, 1.165) is 10.9 Å². The van der Waals surface area contributed by atoms with Gasteiger partial charge in [-0.2, -0.15) is 22.7 Å². The molecule has 0 amide bonds. The predicted octanol–water partition coefficient (Wildman–Crippen LogP) is 2.78. The second kappa shape index (κ2) is 3.96. The van der Waals surface area contributed by atoms with E-state index < -0.39 is 24.2 Å². The van der Waals surface area contributed by atoms with Crippen molar-refractivity contribution in [3.63, 3.8) is 0 Å². The summed E-state index contributed by atoms with van der Waals surface area (Å²) in [6.07, 6.45) is 1.00. The van der Waals surface area contributed by atoms with Crippen LogP contribution in [0.1, 0.15) is 5.69 Å². The molecule has 1 heterocycles. The molecule has 1 aromatic heterocycles. The van der Waals surface area contributed by atoms with Gasteiger partial charge in [-0.05, 0) is 6.07 Å². The number of aromatic nitrogens is 2. The van der Waals surface area contributed by atoms with Gasteiger partial charge in [-0.25, -0.2) is 4.39 Å². The van der Waals surface area contributed by atoms with Crippen LogP contribution in [0, 0.1) is 0 Å². The topological polar surface area (TPSA) is 17.8 Å². The molecule has 0 radical (unpaired) electrons. The largest absolute Gasteiger partial charge is 0.356 e. The SMILES string of the molecule is FCC(F)(F)C(F)(F)c1ccn(CCl)n1. The van der Waals surface area contributed by atoms with Gasteiger partial charge in [-0.1, -0.05) is 0 Å². The fourth-order valence-corrected chi connectivity index (χ4v) is 1.00. The Kier molecular flexibility index (Phi) is 3.22. The van der Waals surface area contributed by atoms with Crippen LogP contribution < -0.4 is 0 Å². The minimum absolute atomic E-state index is 0.253. The minimum Gasteiger partial charge on any atom is -0.257 e. The summed E-state index contributed by atoms with van der Waals surface area (Å²) in [4.78, 5) is 0. The lowest BCUT2D eigenvalue weighted by molar-refractivity contribution is -0.224. The van der Waals surface area contributed by atoms with Gasteiger partial charge in [-0.15, -0.1) is 11.6 Å². The van der Waals surface area contributed by atoms with E-state index in [1.54, 1.807) is 0 Å². The van der Waals surface area contributed by atoms with Gasteiger partial charge in [-0.3, -0.25) is 4.68 Å². The molecule has 0 aliphatic carbocycles. The van der Waals surface area contributed by atoms with E-state index in [0.29, 0.717) is 6.07 Å². The van der Waals surface area contributed by atoms with Crippen LogP contribution in [0.25, 0.3) is 0 Å². The Hall–Kier alpha value is -0.850. The van der Waals surface area contributed by atoms with Crippen LogP contribution >= 0.6 is 11.6 Å². The predicted molar refractivity (Wildman–Crippen MR) is 42.9 cm³/mol. The summed E-state index contributed by atoms with van der Waals surface area (Å²) in [5, 5.41) is 3.10. The monoisotopic (exact) mass is 248 g/mol. The van der Waals surface area contributed by atoms with Crippen molar-refractivity contribution < 1.29 is 22.0 Å². The summed E-state index contributed by atoms with van der Waals surface area (Å²) in [6.45, 7) is -2.45. The third-order valence-electron chi connectivity index (χ3n) is 1.71. The number of hydrogen-bond acceptors (Lipinski definition) is 1. The smallest absolute Gasteiger partial charge is 0.257 e. The number of halogens is 6. The molecule has 0 aliphatic rings. The third kappa shape index (κ3) is 2.06. The highest BCUT2D eigenvalue weighted by molar-refractivity contribution is 6.15. The number of hydrogen-bond donors (Lipinski definition) is 0. The first-order valence-corrected chi connectivity index (χ1v) is 4.30. The van der Waals surface area contributed by atoms with E-state index >= 15 is 0 Å². The summed E-state index contributed by atoms with van der Waals surface area (Å²) in [5.74, 6) is -9.41. The van der Waals surface area contributed by atoms with Gasteiger partial charge in [0.25, 0.3) is 0 Å². The van der Waals surface area contributed by atoms with Crippen molar-refractivity contribution in [1.29, 1.82) is 0 Å². The van der Waals surface area contributed by atoms with E-state index in [4.69, 9.17) is 11.6 Å². The molecule has 8 heteroatoms. The Morgan fingerprint density at radius 1 is 1.33 bits per heavy atom. The molecule has 0 saturated carbocycles. The Morgan fingerprint density at radius 2 is 1.93 bits per heavy atom. The molecule has 0 N–H and O–H groups in total. The molecule has 0 spiro atoms. The van der Waals surface area contributed by atoms with Gasteiger partial charge in [0.1, 0.15) is 11.7 Å². The average molecular weight is 249 g/mol. The quantitative estimate of drug-likeness (QED) is 0.592. The van der Waals surface area contributed by atoms with Crippen molar-refractivity contribution in [2.24, 2.45) is 0 Å².